The Morgan fingerprint density at radius 3 is 2.74 bits per heavy atom. The zero-order chi connectivity index (χ0) is 24.1. The topological polar surface area (TPSA) is 76.6 Å². The number of fused-ring (bicyclic) bond motifs is 1. The number of hydrogen-bond acceptors (Lipinski definition) is 5. The van der Waals surface area contributed by atoms with Crippen LogP contribution in [0.5, 0.6) is 0 Å². The average molecular weight is 472 g/mol. The number of nitrogens with zero attached hydrogens (tertiary/aromatic N) is 5. The zero-order valence-electron chi connectivity index (χ0n) is 19.2. The Morgan fingerprint density at radius 2 is 1.97 bits per heavy atom. The minimum absolute atomic E-state index is 0.0818. The molecule has 1 saturated heterocycles. The molecule has 4 heterocycles. The summed E-state index contributed by atoms with van der Waals surface area (Å²) in [5, 5.41) is 15.2. The summed E-state index contributed by atoms with van der Waals surface area (Å²) in [6.45, 7) is 2.36. The smallest absolute Gasteiger partial charge is 0.135 e. The van der Waals surface area contributed by atoms with Gasteiger partial charge in [0.05, 0.1) is 35.2 Å². The first-order chi connectivity index (χ1) is 17.0. The molecule has 1 aliphatic carbocycles. The lowest BCUT2D eigenvalue weighted by molar-refractivity contribution is 0.00459. The molecule has 4 aromatic rings. The molecule has 2 aliphatic rings. The number of pyridine rings is 2. The lowest BCUT2D eigenvalue weighted by Gasteiger charge is -2.29. The van der Waals surface area contributed by atoms with Gasteiger partial charge in [0.2, 0.25) is 0 Å². The largest absolute Gasteiger partial charge is 0.373 e. The lowest BCUT2D eigenvalue weighted by atomic mass is 9.86. The van der Waals surface area contributed by atoms with Gasteiger partial charge in [-0.15, -0.1) is 0 Å². The molecule has 6 nitrogen and oxygen atoms in total. The number of benzene rings is 1. The number of aromatic nitrogens is 4. The summed E-state index contributed by atoms with van der Waals surface area (Å²) in [6, 6.07) is 9.85. The molecule has 6 rings (SSSR count). The van der Waals surface area contributed by atoms with Gasteiger partial charge >= 0.3 is 0 Å². The van der Waals surface area contributed by atoms with E-state index in [1.807, 2.05) is 24.0 Å². The fraction of sp³-hybridized carbons (Fsp3) is 0.333. The molecule has 176 valence electrons. The summed E-state index contributed by atoms with van der Waals surface area (Å²) in [4.78, 5) is 9.49. The third kappa shape index (κ3) is 3.96. The molecule has 2 fully saturated rings. The van der Waals surface area contributed by atoms with E-state index < -0.39 is 11.6 Å². The van der Waals surface area contributed by atoms with Gasteiger partial charge in [0.1, 0.15) is 23.3 Å². The molecule has 3 aromatic heterocycles. The van der Waals surface area contributed by atoms with Crippen LogP contribution in [-0.2, 0) is 4.74 Å². The molecule has 0 radical (unpaired) electrons. The van der Waals surface area contributed by atoms with Crippen LogP contribution in [0, 0.1) is 29.9 Å². The highest BCUT2D eigenvalue weighted by Gasteiger charge is 2.32. The molecule has 2 unspecified atom stereocenters. The Labute approximate surface area is 201 Å². The molecule has 0 N–H and O–H groups in total. The highest BCUT2D eigenvalue weighted by Crippen LogP contribution is 2.42. The van der Waals surface area contributed by atoms with Crippen molar-refractivity contribution in [3.63, 3.8) is 0 Å². The van der Waals surface area contributed by atoms with E-state index in [2.05, 4.69) is 16.2 Å². The number of rotatable bonds is 4. The van der Waals surface area contributed by atoms with Crippen LogP contribution in [0.2, 0.25) is 0 Å². The first-order valence-electron chi connectivity index (χ1n) is 11.8. The molecule has 1 aromatic carbocycles. The predicted molar refractivity (Wildman–Crippen MR) is 126 cm³/mol. The fourth-order valence-electron chi connectivity index (χ4n) is 4.92. The lowest BCUT2D eigenvalue weighted by Crippen LogP contribution is -2.20. The molecule has 0 amide bonds. The maximum absolute atomic E-state index is 14.9. The van der Waals surface area contributed by atoms with E-state index in [1.54, 1.807) is 12.1 Å². The maximum Gasteiger partial charge on any atom is 0.135 e. The Morgan fingerprint density at radius 1 is 1.11 bits per heavy atom. The quantitative estimate of drug-likeness (QED) is 0.369. The zero-order valence-corrected chi connectivity index (χ0v) is 19.2. The van der Waals surface area contributed by atoms with Crippen LogP contribution in [0.25, 0.3) is 22.2 Å². The van der Waals surface area contributed by atoms with E-state index in [-0.39, 0.29) is 17.6 Å². The number of hydrogen-bond donors (Lipinski definition) is 0. The van der Waals surface area contributed by atoms with Crippen molar-refractivity contribution in [1.82, 2.24) is 19.7 Å². The van der Waals surface area contributed by atoms with E-state index in [0.717, 1.165) is 30.2 Å². The number of halogens is 2. The molecular formula is C27H23F2N5O. The number of nitriles is 1. The van der Waals surface area contributed by atoms with Gasteiger partial charge in [-0.1, -0.05) is 0 Å². The monoisotopic (exact) mass is 471 g/mol. The molecule has 0 spiro atoms. The Balaban J connectivity index is 1.47. The summed E-state index contributed by atoms with van der Waals surface area (Å²) in [7, 11) is 0. The SMILES string of the molecule is Cc1ccc2c(-c3ccc(F)cc3F)nc(C3CCOC(c4cnn(C5CC5)c4)C3)c(C#N)c2n1. The van der Waals surface area contributed by atoms with Gasteiger partial charge in [-0.25, -0.2) is 8.78 Å². The highest BCUT2D eigenvalue weighted by molar-refractivity contribution is 5.96. The van der Waals surface area contributed by atoms with Gasteiger partial charge in [0.25, 0.3) is 0 Å². The van der Waals surface area contributed by atoms with Crippen molar-refractivity contribution in [3.05, 3.63) is 76.9 Å². The van der Waals surface area contributed by atoms with Gasteiger partial charge in [0, 0.05) is 47.0 Å². The third-order valence-corrected chi connectivity index (χ3v) is 6.90. The molecule has 1 aliphatic heterocycles. The second kappa shape index (κ2) is 8.51. The standard InChI is InChI=1S/C27H23F2N5O/c1-15-2-6-21-26(20-7-3-18(28)11-23(20)29)33-25(22(12-30)27(21)32-15)16-8-9-35-24(10-16)17-13-31-34(14-17)19-4-5-19/h2-3,6-7,11,13-14,16,19,24H,4-5,8-10H2,1H3. The molecule has 0 bridgehead atoms. The van der Waals surface area contributed by atoms with E-state index in [9.17, 15) is 14.0 Å². The van der Waals surface area contributed by atoms with Crippen molar-refractivity contribution < 1.29 is 13.5 Å². The first-order valence-corrected chi connectivity index (χ1v) is 11.8. The van der Waals surface area contributed by atoms with E-state index in [4.69, 9.17) is 9.72 Å². The van der Waals surface area contributed by atoms with Gasteiger partial charge in [-0.05, 0) is 56.9 Å². The minimum atomic E-state index is -0.702. The molecule has 2 atom stereocenters. The van der Waals surface area contributed by atoms with Crippen molar-refractivity contribution in [3.8, 4) is 17.3 Å². The van der Waals surface area contributed by atoms with Crippen molar-refractivity contribution in [2.45, 2.75) is 50.7 Å². The van der Waals surface area contributed by atoms with Crippen LogP contribution in [0.1, 0.15) is 66.3 Å². The molecular weight excluding hydrogens is 448 g/mol. The van der Waals surface area contributed by atoms with Crippen LogP contribution >= 0.6 is 0 Å². The van der Waals surface area contributed by atoms with Crippen LogP contribution in [-0.4, -0.2) is 26.4 Å². The van der Waals surface area contributed by atoms with Crippen LogP contribution in [0.4, 0.5) is 8.78 Å². The van der Waals surface area contributed by atoms with Gasteiger partial charge in [-0.3, -0.25) is 14.6 Å². The van der Waals surface area contributed by atoms with Crippen molar-refractivity contribution in [2.24, 2.45) is 0 Å². The van der Waals surface area contributed by atoms with E-state index in [1.165, 1.54) is 12.1 Å². The van der Waals surface area contributed by atoms with Crippen molar-refractivity contribution in [1.29, 1.82) is 5.26 Å². The van der Waals surface area contributed by atoms with Crippen molar-refractivity contribution in [2.75, 3.05) is 6.61 Å². The van der Waals surface area contributed by atoms with Crippen LogP contribution < -0.4 is 0 Å². The number of aryl methyl sites for hydroxylation is 1. The summed E-state index contributed by atoms with van der Waals surface area (Å²) in [5.41, 5.74) is 3.77. The second-order valence-corrected chi connectivity index (χ2v) is 9.37. The normalized spacial score (nSPS) is 20.2. The molecule has 1 saturated carbocycles. The van der Waals surface area contributed by atoms with Gasteiger partial charge in [-0.2, -0.15) is 10.4 Å². The first kappa shape index (κ1) is 21.8. The molecule has 8 heteroatoms. The summed E-state index contributed by atoms with van der Waals surface area (Å²) in [5.74, 6) is -1.44. The molecule has 35 heavy (non-hydrogen) atoms. The maximum atomic E-state index is 14.9. The van der Waals surface area contributed by atoms with Crippen molar-refractivity contribution >= 4 is 10.9 Å². The van der Waals surface area contributed by atoms with Crippen LogP contribution in [0.3, 0.4) is 0 Å². The van der Waals surface area contributed by atoms with Crippen LogP contribution in [0.15, 0.2) is 42.7 Å². The summed E-state index contributed by atoms with van der Waals surface area (Å²) >= 11 is 0. The van der Waals surface area contributed by atoms with Gasteiger partial charge < -0.3 is 4.74 Å². The minimum Gasteiger partial charge on any atom is -0.373 e. The average Bonchev–Trinajstić information content (AvgIpc) is 3.59. The third-order valence-electron chi connectivity index (χ3n) is 6.90. The second-order valence-electron chi connectivity index (χ2n) is 9.37. The van der Waals surface area contributed by atoms with Gasteiger partial charge in [0.15, 0.2) is 0 Å². The Hall–Kier alpha value is -3.70. The highest BCUT2D eigenvalue weighted by atomic mass is 19.1. The fourth-order valence-corrected chi connectivity index (χ4v) is 4.92. The predicted octanol–water partition coefficient (Wildman–Crippen LogP) is 5.92. The summed E-state index contributed by atoms with van der Waals surface area (Å²) in [6.07, 6.45) is 7.34. The Bertz CT molecular complexity index is 1490. The summed E-state index contributed by atoms with van der Waals surface area (Å²) < 4.78 is 36.6. The Kier molecular flexibility index (Phi) is 5.30. The van der Waals surface area contributed by atoms with E-state index >= 15 is 0 Å². The number of ether oxygens (including phenoxy) is 1. The van der Waals surface area contributed by atoms with E-state index in [0.29, 0.717) is 53.3 Å².